The van der Waals surface area contributed by atoms with E-state index in [1.54, 1.807) is 6.07 Å². The molecule has 0 aliphatic carbocycles. The third-order valence-corrected chi connectivity index (χ3v) is 3.60. The molecule has 0 saturated heterocycles. The van der Waals surface area contributed by atoms with E-state index in [1.807, 2.05) is 30.3 Å². The number of hydrogen-bond acceptors (Lipinski definition) is 4. The minimum absolute atomic E-state index is 0.0576. The lowest BCUT2D eigenvalue weighted by Gasteiger charge is -2.07. The predicted molar refractivity (Wildman–Crippen MR) is 83.2 cm³/mol. The van der Waals surface area contributed by atoms with Gasteiger partial charge in [0.05, 0.1) is 11.4 Å². The summed E-state index contributed by atoms with van der Waals surface area (Å²) < 4.78 is 18.2. The van der Waals surface area contributed by atoms with Crippen LogP contribution in [0.15, 0.2) is 59.5 Å². The molecule has 0 unspecified atom stereocenters. The molecule has 0 radical (unpaired) electrons. The maximum absolute atomic E-state index is 13.3. The molecule has 0 aliphatic heterocycles. The van der Waals surface area contributed by atoms with Crippen molar-refractivity contribution in [3.63, 3.8) is 0 Å². The fourth-order valence-corrected chi connectivity index (χ4v) is 2.31. The van der Waals surface area contributed by atoms with E-state index in [0.29, 0.717) is 0 Å². The molecule has 0 aliphatic rings. The first-order chi connectivity index (χ1) is 10.6. The fourth-order valence-electron chi connectivity index (χ4n) is 1.60. The lowest BCUT2D eigenvalue weighted by atomic mass is 10.3. The number of carbonyl (C=O) groups excluding carboxylic acids is 2. The largest absolute Gasteiger partial charge is 0.455 e. The quantitative estimate of drug-likeness (QED) is 0.656. The lowest BCUT2D eigenvalue weighted by Crippen LogP contribution is -2.22. The van der Waals surface area contributed by atoms with E-state index in [1.165, 1.54) is 30.0 Å². The second kappa shape index (κ2) is 8.19. The molecule has 2 rings (SSSR count). The standard InChI is InChI=1S/C16H14FNO3S/c17-13-8-4-5-9-14(13)18-15(19)10-21-16(20)11-22-12-6-2-1-3-7-12/h1-9H,10-11H2,(H,18,19). The van der Waals surface area contributed by atoms with E-state index in [2.05, 4.69) is 5.32 Å². The van der Waals surface area contributed by atoms with Crippen molar-refractivity contribution in [2.75, 3.05) is 17.7 Å². The first kappa shape index (κ1) is 16.0. The number of para-hydroxylation sites is 1. The summed E-state index contributed by atoms with van der Waals surface area (Å²) in [5.41, 5.74) is 0.0576. The summed E-state index contributed by atoms with van der Waals surface area (Å²) in [5, 5.41) is 2.34. The number of benzene rings is 2. The van der Waals surface area contributed by atoms with Crippen LogP contribution in [0.5, 0.6) is 0 Å². The van der Waals surface area contributed by atoms with Crippen molar-refractivity contribution in [3.05, 3.63) is 60.4 Å². The number of ether oxygens (including phenoxy) is 1. The molecule has 2 aromatic rings. The molecule has 0 aromatic heterocycles. The van der Waals surface area contributed by atoms with Crippen molar-refractivity contribution in [2.24, 2.45) is 0 Å². The van der Waals surface area contributed by atoms with Gasteiger partial charge in [-0.2, -0.15) is 0 Å². The van der Waals surface area contributed by atoms with Crippen molar-refractivity contribution in [2.45, 2.75) is 4.90 Å². The minimum atomic E-state index is -0.580. The van der Waals surface area contributed by atoms with Crippen LogP contribution < -0.4 is 5.32 Å². The summed E-state index contributed by atoms with van der Waals surface area (Å²) in [6, 6.07) is 15.2. The zero-order chi connectivity index (χ0) is 15.8. The molecule has 0 fully saturated rings. The van der Waals surface area contributed by atoms with Crippen LogP contribution in [-0.4, -0.2) is 24.2 Å². The number of nitrogens with one attached hydrogen (secondary N) is 1. The number of anilines is 1. The van der Waals surface area contributed by atoms with Gasteiger partial charge in [-0.25, -0.2) is 4.39 Å². The Balaban J connectivity index is 1.72. The van der Waals surface area contributed by atoms with Crippen LogP contribution in [-0.2, 0) is 14.3 Å². The van der Waals surface area contributed by atoms with Crippen LogP contribution in [0.4, 0.5) is 10.1 Å². The normalized spacial score (nSPS) is 10.0. The number of halogens is 1. The van der Waals surface area contributed by atoms with Gasteiger partial charge in [0.1, 0.15) is 5.82 Å². The number of thioether (sulfide) groups is 1. The van der Waals surface area contributed by atoms with E-state index in [0.717, 1.165) is 4.90 Å². The van der Waals surface area contributed by atoms with Gasteiger partial charge in [0, 0.05) is 4.90 Å². The fraction of sp³-hybridized carbons (Fsp3) is 0.125. The van der Waals surface area contributed by atoms with Crippen molar-refractivity contribution in [3.8, 4) is 0 Å². The Hall–Kier alpha value is -2.34. The van der Waals surface area contributed by atoms with Crippen LogP contribution in [0.25, 0.3) is 0 Å². The molecule has 0 spiro atoms. The van der Waals surface area contributed by atoms with E-state index < -0.39 is 24.3 Å². The number of rotatable bonds is 6. The molecular formula is C16H14FNO3S. The molecule has 0 heterocycles. The van der Waals surface area contributed by atoms with Gasteiger partial charge in [-0.15, -0.1) is 11.8 Å². The Labute approximate surface area is 131 Å². The second-order valence-corrected chi connectivity index (χ2v) is 5.34. The average Bonchev–Trinajstić information content (AvgIpc) is 2.54. The third kappa shape index (κ3) is 5.21. The van der Waals surface area contributed by atoms with Crippen LogP contribution in [0, 0.1) is 5.82 Å². The van der Waals surface area contributed by atoms with Crippen molar-refractivity contribution >= 4 is 29.3 Å². The number of hydrogen-bond donors (Lipinski definition) is 1. The Morgan fingerprint density at radius 1 is 1.05 bits per heavy atom. The van der Waals surface area contributed by atoms with E-state index in [9.17, 15) is 14.0 Å². The van der Waals surface area contributed by atoms with Gasteiger partial charge >= 0.3 is 5.97 Å². The molecule has 0 atom stereocenters. The number of amides is 1. The summed E-state index contributed by atoms with van der Waals surface area (Å²) in [6.45, 7) is -0.442. The summed E-state index contributed by atoms with van der Waals surface area (Å²) in [6.07, 6.45) is 0. The zero-order valence-electron chi connectivity index (χ0n) is 11.6. The van der Waals surface area contributed by atoms with Crippen LogP contribution in [0.1, 0.15) is 0 Å². The Bertz CT molecular complexity index is 649. The maximum atomic E-state index is 13.3. The van der Waals surface area contributed by atoms with Gasteiger partial charge in [0.15, 0.2) is 6.61 Å². The van der Waals surface area contributed by atoms with Gasteiger partial charge in [-0.05, 0) is 24.3 Å². The molecule has 4 nitrogen and oxygen atoms in total. The van der Waals surface area contributed by atoms with Crippen molar-refractivity contribution in [1.29, 1.82) is 0 Å². The SMILES string of the molecule is O=C(COC(=O)CSc1ccccc1)Nc1ccccc1F. The molecule has 2 aromatic carbocycles. The molecule has 1 amide bonds. The monoisotopic (exact) mass is 319 g/mol. The summed E-state index contributed by atoms with van der Waals surface area (Å²) in [7, 11) is 0. The highest BCUT2D eigenvalue weighted by Crippen LogP contribution is 2.17. The molecule has 0 saturated carbocycles. The summed E-state index contributed by atoms with van der Waals surface area (Å²) in [5.74, 6) is -1.51. The van der Waals surface area contributed by atoms with Crippen LogP contribution in [0.3, 0.4) is 0 Å². The summed E-state index contributed by atoms with van der Waals surface area (Å²) >= 11 is 1.32. The molecule has 0 bridgehead atoms. The van der Waals surface area contributed by atoms with Crippen LogP contribution in [0.2, 0.25) is 0 Å². The van der Waals surface area contributed by atoms with Gasteiger partial charge in [0.2, 0.25) is 0 Å². The zero-order valence-corrected chi connectivity index (χ0v) is 12.4. The van der Waals surface area contributed by atoms with E-state index in [4.69, 9.17) is 4.74 Å². The molecule has 22 heavy (non-hydrogen) atoms. The molecule has 6 heteroatoms. The predicted octanol–water partition coefficient (Wildman–Crippen LogP) is 3.10. The van der Waals surface area contributed by atoms with Gasteiger partial charge < -0.3 is 10.1 Å². The molecular weight excluding hydrogens is 305 g/mol. The second-order valence-electron chi connectivity index (χ2n) is 4.29. The number of esters is 1. The van der Waals surface area contributed by atoms with Gasteiger partial charge in [-0.1, -0.05) is 30.3 Å². The molecule has 1 N–H and O–H groups in total. The van der Waals surface area contributed by atoms with Gasteiger partial charge in [0.25, 0.3) is 5.91 Å². The average molecular weight is 319 g/mol. The first-order valence-corrected chi connectivity index (χ1v) is 7.51. The first-order valence-electron chi connectivity index (χ1n) is 6.53. The Morgan fingerprint density at radius 3 is 2.45 bits per heavy atom. The highest BCUT2D eigenvalue weighted by Gasteiger charge is 2.10. The smallest absolute Gasteiger partial charge is 0.316 e. The lowest BCUT2D eigenvalue weighted by molar-refractivity contribution is -0.144. The minimum Gasteiger partial charge on any atom is -0.455 e. The Kier molecular flexibility index (Phi) is 5.97. The van der Waals surface area contributed by atoms with E-state index in [-0.39, 0.29) is 11.4 Å². The van der Waals surface area contributed by atoms with Crippen molar-refractivity contribution in [1.82, 2.24) is 0 Å². The van der Waals surface area contributed by atoms with Crippen molar-refractivity contribution < 1.29 is 18.7 Å². The highest BCUT2D eigenvalue weighted by atomic mass is 32.2. The number of carbonyl (C=O) groups is 2. The van der Waals surface area contributed by atoms with Gasteiger partial charge in [-0.3, -0.25) is 9.59 Å². The Morgan fingerprint density at radius 2 is 1.73 bits per heavy atom. The summed E-state index contributed by atoms with van der Waals surface area (Å²) in [4.78, 5) is 24.1. The third-order valence-electron chi connectivity index (χ3n) is 2.61. The van der Waals surface area contributed by atoms with E-state index >= 15 is 0 Å². The maximum Gasteiger partial charge on any atom is 0.316 e. The highest BCUT2D eigenvalue weighted by molar-refractivity contribution is 8.00. The molecule has 114 valence electrons. The van der Waals surface area contributed by atoms with Crippen LogP contribution >= 0.6 is 11.8 Å². The topological polar surface area (TPSA) is 55.4 Å².